The van der Waals surface area contributed by atoms with Crippen molar-refractivity contribution in [2.24, 2.45) is 0 Å². The number of hydrogen-bond donors (Lipinski definition) is 0. The minimum absolute atomic E-state index is 0. The van der Waals surface area contributed by atoms with Gasteiger partial charge in [0.25, 0.3) is 5.56 Å². The topological polar surface area (TPSA) is 34.9 Å². The van der Waals surface area contributed by atoms with E-state index < -0.39 is 0 Å². The van der Waals surface area contributed by atoms with Crippen LogP contribution < -0.4 is 22.5 Å². The summed E-state index contributed by atoms with van der Waals surface area (Å²) in [6.45, 7) is 4.82. The van der Waals surface area contributed by atoms with Gasteiger partial charge in [0.05, 0.1) is 5.39 Å². The van der Waals surface area contributed by atoms with E-state index in [0.29, 0.717) is 5.25 Å². The Balaban J connectivity index is 0.00000120. The van der Waals surface area contributed by atoms with Crippen molar-refractivity contribution < 1.29 is 17.0 Å². The van der Waals surface area contributed by atoms with Crippen molar-refractivity contribution in [2.45, 2.75) is 30.8 Å². The lowest BCUT2D eigenvalue weighted by molar-refractivity contribution is -0.00000336. The molecule has 18 heavy (non-hydrogen) atoms. The number of alkyl halides is 1. The van der Waals surface area contributed by atoms with Gasteiger partial charge in [0.1, 0.15) is 4.83 Å². The van der Waals surface area contributed by atoms with E-state index in [1.54, 1.807) is 23.1 Å². The van der Waals surface area contributed by atoms with Gasteiger partial charge in [-0.2, -0.15) is 0 Å². The van der Waals surface area contributed by atoms with Gasteiger partial charge in [-0.25, -0.2) is 4.98 Å². The van der Waals surface area contributed by atoms with Crippen molar-refractivity contribution in [3.05, 3.63) is 20.8 Å². The zero-order valence-corrected chi connectivity index (χ0v) is 14.7. The monoisotopic (exact) mass is 409 g/mol. The molecule has 0 bridgehead atoms. The molecular formula is C11H11Br2N2OS2-. The van der Waals surface area contributed by atoms with E-state index >= 15 is 0 Å². The number of aryl methyl sites for hydroxylation is 2. The molecule has 7 heteroatoms. The van der Waals surface area contributed by atoms with E-state index in [1.807, 2.05) is 18.4 Å². The highest BCUT2D eigenvalue weighted by Crippen LogP contribution is 2.34. The van der Waals surface area contributed by atoms with Gasteiger partial charge in [0.15, 0.2) is 5.16 Å². The van der Waals surface area contributed by atoms with E-state index in [2.05, 4.69) is 20.9 Å². The summed E-state index contributed by atoms with van der Waals surface area (Å²) in [5.74, 6) is 0. The summed E-state index contributed by atoms with van der Waals surface area (Å²) in [6.07, 6.45) is 0. The Morgan fingerprint density at radius 3 is 2.89 bits per heavy atom. The first-order valence-electron chi connectivity index (χ1n) is 5.35. The van der Waals surface area contributed by atoms with Gasteiger partial charge in [-0.1, -0.05) is 27.7 Å². The highest BCUT2D eigenvalue weighted by Gasteiger charge is 2.26. The van der Waals surface area contributed by atoms with Gasteiger partial charge in [-0.15, -0.1) is 11.3 Å². The van der Waals surface area contributed by atoms with Crippen LogP contribution >= 0.6 is 39.0 Å². The number of hydrogen-bond acceptors (Lipinski definition) is 4. The zero-order chi connectivity index (χ0) is 12.2. The average Bonchev–Trinajstić information content (AvgIpc) is 2.82. The molecule has 1 unspecified atom stereocenters. The standard InChI is InChI=1S/C11H11BrN2OS2.BrH/c1-5-6(2)16-9-8(5)10(15)14-4-7(3-12)17-11(14)13-9;/h7H,3-4H2,1-2H3;1H/p-1. The van der Waals surface area contributed by atoms with Gasteiger partial charge in [0, 0.05) is 22.0 Å². The second-order valence-electron chi connectivity index (χ2n) is 4.17. The third-order valence-corrected chi connectivity index (χ3v) is 6.57. The molecule has 0 saturated carbocycles. The van der Waals surface area contributed by atoms with Gasteiger partial charge < -0.3 is 17.0 Å². The first kappa shape index (κ1) is 14.6. The molecule has 1 atom stereocenters. The lowest BCUT2D eigenvalue weighted by atomic mass is 10.2. The molecule has 0 aromatic carbocycles. The van der Waals surface area contributed by atoms with Crippen LogP contribution in [0.2, 0.25) is 0 Å². The van der Waals surface area contributed by atoms with Gasteiger partial charge in [-0.05, 0) is 19.4 Å². The van der Waals surface area contributed by atoms with Crippen molar-refractivity contribution >= 4 is 49.2 Å². The maximum atomic E-state index is 12.4. The number of aromatic nitrogens is 2. The van der Waals surface area contributed by atoms with Crippen LogP contribution in [0.3, 0.4) is 0 Å². The van der Waals surface area contributed by atoms with Crippen LogP contribution in [0.1, 0.15) is 10.4 Å². The molecule has 0 aliphatic carbocycles. The number of thioether (sulfide) groups is 1. The van der Waals surface area contributed by atoms with Crippen LogP contribution in [0.15, 0.2) is 9.95 Å². The van der Waals surface area contributed by atoms with Crippen LogP contribution in [0.5, 0.6) is 0 Å². The highest BCUT2D eigenvalue weighted by atomic mass is 79.9. The minimum Gasteiger partial charge on any atom is -1.00 e. The third kappa shape index (κ3) is 2.09. The minimum atomic E-state index is 0. The molecule has 98 valence electrons. The summed E-state index contributed by atoms with van der Waals surface area (Å²) in [6, 6.07) is 0. The van der Waals surface area contributed by atoms with Crippen LogP contribution in [0.4, 0.5) is 0 Å². The van der Waals surface area contributed by atoms with E-state index in [4.69, 9.17) is 0 Å². The summed E-state index contributed by atoms with van der Waals surface area (Å²) >= 11 is 6.78. The molecular weight excluding hydrogens is 400 g/mol. The third-order valence-electron chi connectivity index (χ3n) is 3.08. The summed E-state index contributed by atoms with van der Waals surface area (Å²) < 4.78 is 1.82. The molecule has 0 radical (unpaired) electrons. The molecule has 2 aromatic heterocycles. The van der Waals surface area contributed by atoms with E-state index in [-0.39, 0.29) is 22.5 Å². The molecule has 0 fully saturated rings. The van der Waals surface area contributed by atoms with Gasteiger partial charge >= 0.3 is 0 Å². The lowest BCUT2D eigenvalue weighted by Crippen LogP contribution is -3.00. The first-order chi connectivity index (χ1) is 8.11. The van der Waals surface area contributed by atoms with Gasteiger partial charge in [0.2, 0.25) is 0 Å². The van der Waals surface area contributed by atoms with Crippen molar-refractivity contribution in [3.8, 4) is 0 Å². The molecule has 0 N–H and O–H groups in total. The predicted octanol–water partition coefficient (Wildman–Crippen LogP) is -0.0520. The number of nitrogens with zero attached hydrogens (tertiary/aromatic N) is 2. The maximum Gasteiger partial charge on any atom is 0.263 e. The fourth-order valence-electron chi connectivity index (χ4n) is 2.03. The smallest absolute Gasteiger partial charge is 0.263 e. The SMILES string of the molecule is Cc1sc2nc3n(c(=O)c2c1C)CC(CBr)S3.[Br-]. The molecule has 3 heterocycles. The normalized spacial score (nSPS) is 17.8. The second-order valence-corrected chi connectivity index (χ2v) is 7.29. The molecule has 0 spiro atoms. The first-order valence-corrected chi connectivity index (χ1v) is 8.16. The molecule has 0 saturated heterocycles. The van der Waals surface area contributed by atoms with Crippen LogP contribution in [0.25, 0.3) is 10.2 Å². The molecule has 2 aromatic rings. The Morgan fingerprint density at radius 2 is 2.22 bits per heavy atom. The highest BCUT2D eigenvalue weighted by molar-refractivity contribution is 9.09. The van der Waals surface area contributed by atoms with Crippen molar-refractivity contribution in [2.75, 3.05) is 5.33 Å². The predicted molar refractivity (Wildman–Crippen MR) is 76.8 cm³/mol. The van der Waals surface area contributed by atoms with E-state index in [0.717, 1.165) is 32.8 Å². The number of fused-ring (bicyclic) bond motifs is 2. The summed E-state index contributed by atoms with van der Waals surface area (Å²) in [4.78, 5) is 19.1. The molecule has 3 rings (SSSR count). The van der Waals surface area contributed by atoms with Crippen molar-refractivity contribution in [1.29, 1.82) is 0 Å². The molecule has 0 amide bonds. The molecule has 1 aliphatic rings. The Hall–Kier alpha value is 0.150. The Kier molecular flexibility index (Phi) is 4.26. The zero-order valence-electron chi connectivity index (χ0n) is 9.87. The van der Waals surface area contributed by atoms with E-state index in [1.165, 1.54) is 4.88 Å². The fraction of sp³-hybridized carbons (Fsp3) is 0.455. The molecule has 3 nitrogen and oxygen atoms in total. The van der Waals surface area contributed by atoms with Crippen LogP contribution in [-0.2, 0) is 6.54 Å². The Morgan fingerprint density at radius 1 is 1.50 bits per heavy atom. The summed E-state index contributed by atoms with van der Waals surface area (Å²) in [7, 11) is 0. The van der Waals surface area contributed by atoms with Crippen LogP contribution in [0, 0.1) is 13.8 Å². The Bertz CT molecular complexity index is 665. The quantitative estimate of drug-likeness (QED) is 0.488. The van der Waals surface area contributed by atoms with Crippen molar-refractivity contribution in [3.63, 3.8) is 0 Å². The van der Waals surface area contributed by atoms with Gasteiger partial charge in [-0.3, -0.25) is 9.36 Å². The number of halogens is 2. The largest absolute Gasteiger partial charge is 1.00 e. The summed E-state index contributed by atoms with van der Waals surface area (Å²) in [5, 5.41) is 3.00. The number of rotatable bonds is 1. The van der Waals surface area contributed by atoms with Crippen molar-refractivity contribution in [1.82, 2.24) is 9.55 Å². The fourth-order valence-corrected chi connectivity index (χ4v) is 4.72. The second kappa shape index (κ2) is 5.26. The van der Waals surface area contributed by atoms with E-state index in [9.17, 15) is 4.79 Å². The lowest BCUT2D eigenvalue weighted by Gasteiger charge is -2.01. The molecule has 1 aliphatic heterocycles. The Labute approximate surface area is 132 Å². The average molecular weight is 411 g/mol. The number of thiophene rings is 1. The maximum absolute atomic E-state index is 12.4. The van der Waals surface area contributed by atoms with Crippen LogP contribution in [-0.4, -0.2) is 20.1 Å². The summed E-state index contributed by atoms with van der Waals surface area (Å²) in [5.41, 5.74) is 1.22.